The molecule has 0 aliphatic carbocycles. The number of phenolic OH excluding ortho intramolecular Hbond substituents is 2. The zero-order valence-electron chi connectivity index (χ0n) is 20.3. The van der Waals surface area contributed by atoms with Crippen LogP contribution in [0.1, 0.15) is 101 Å². The highest BCUT2D eigenvalue weighted by Crippen LogP contribution is 2.41. The summed E-state index contributed by atoms with van der Waals surface area (Å²) in [5.41, 5.74) is 7.04. The minimum absolute atomic E-state index is 0.102. The second-order valence-corrected chi connectivity index (χ2v) is 11.7. The first-order valence-corrected chi connectivity index (χ1v) is 10.6. The molecule has 2 aromatic carbocycles. The minimum Gasteiger partial charge on any atom is -0.507 e. The van der Waals surface area contributed by atoms with Crippen molar-refractivity contribution in [1.29, 1.82) is 0 Å². The number of phenols is 2. The maximum Gasteiger partial charge on any atom is 0.123 e. The van der Waals surface area contributed by atoms with Crippen molar-refractivity contribution in [3.05, 3.63) is 57.1 Å². The smallest absolute Gasteiger partial charge is 0.123 e. The normalized spacial score (nSPS) is 13.1. The van der Waals surface area contributed by atoms with E-state index in [0.29, 0.717) is 11.5 Å². The molecule has 0 unspecified atom stereocenters. The first-order valence-electron chi connectivity index (χ1n) is 10.6. The van der Waals surface area contributed by atoms with Crippen LogP contribution in [0.2, 0.25) is 0 Å². The Labute approximate surface area is 178 Å². The van der Waals surface area contributed by atoms with E-state index in [1.807, 2.05) is 6.92 Å². The largest absolute Gasteiger partial charge is 0.507 e. The molecule has 0 spiro atoms. The highest BCUT2D eigenvalue weighted by Gasteiger charge is 2.27. The highest BCUT2D eigenvalue weighted by molar-refractivity contribution is 5.55. The van der Waals surface area contributed by atoms with Crippen LogP contribution in [0.3, 0.4) is 0 Å². The van der Waals surface area contributed by atoms with Gasteiger partial charge in [-0.15, -0.1) is 0 Å². The molecule has 2 N–H and O–H groups in total. The van der Waals surface area contributed by atoms with Crippen LogP contribution in [-0.4, -0.2) is 10.2 Å². The van der Waals surface area contributed by atoms with Gasteiger partial charge in [0.1, 0.15) is 11.5 Å². The minimum atomic E-state index is -0.150. The predicted molar refractivity (Wildman–Crippen MR) is 125 cm³/mol. The lowest BCUT2D eigenvalue weighted by Crippen LogP contribution is -2.18. The van der Waals surface area contributed by atoms with E-state index in [9.17, 15) is 10.2 Å². The molecule has 2 nitrogen and oxygen atoms in total. The van der Waals surface area contributed by atoms with Crippen molar-refractivity contribution in [1.82, 2.24) is 0 Å². The molecule has 0 saturated carbocycles. The lowest BCUT2D eigenvalue weighted by Gasteiger charge is -2.29. The number of hydrogen-bond acceptors (Lipinski definition) is 2. The van der Waals surface area contributed by atoms with Crippen LogP contribution in [-0.2, 0) is 22.7 Å². The van der Waals surface area contributed by atoms with Gasteiger partial charge in [0.05, 0.1) is 0 Å². The Hall–Kier alpha value is -1.96. The topological polar surface area (TPSA) is 40.5 Å². The average molecular weight is 397 g/mol. The highest BCUT2D eigenvalue weighted by atomic mass is 16.3. The maximum atomic E-state index is 11.0. The number of aromatic hydroxyl groups is 2. The first kappa shape index (κ1) is 23.3. The maximum absolute atomic E-state index is 11.0. The fourth-order valence-corrected chi connectivity index (χ4v) is 4.00. The summed E-state index contributed by atoms with van der Waals surface area (Å²) in [4.78, 5) is 0. The summed E-state index contributed by atoms with van der Waals surface area (Å²) in [6.45, 7) is 23.4. The standard InChI is InChI=1S/C27H40O2/c1-16-12-20(25(3,4)5)23(28)17(2)19(16)13-18-14-21(26(6,7)8)24(29)22(15-18)27(9,10)11/h12,14-15,28-29H,13H2,1-11H3. The van der Waals surface area contributed by atoms with E-state index >= 15 is 0 Å². The zero-order chi connectivity index (χ0) is 22.5. The van der Waals surface area contributed by atoms with E-state index in [0.717, 1.165) is 28.7 Å². The van der Waals surface area contributed by atoms with Crippen LogP contribution in [0.25, 0.3) is 0 Å². The van der Waals surface area contributed by atoms with E-state index in [1.54, 1.807) is 0 Å². The van der Waals surface area contributed by atoms with E-state index in [2.05, 4.69) is 87.4 Å². The Bertz CT molecular complexity index is 879. The third-order valence-corrected chi connectivity index (χ3v) is 5.87. The lowest BCUT2D eigenvalue weighted by atomic mass is 9.77. The van der Waals surface area contributed by atoms with E-state index in [4.69, 9.17) is 0 Å². The third kappa shape index (κ3) is 4.79. The Kier molecular flexibility index (Phi) is 5.93. The molecule has 0 aliphatic rings. The summed E-state index contributed by atoms with van der Waals surface area (Å²) in [6.07, 6.45) is 0.738. The lowest BCUT2D eigenvalue weighted by molar-refractivity contribution is 0.422. The Balaban J connectivity index is 2.68. The SMILES string of the molecule is Cc1cc(C(C)(C)C)c(O)c(C)c1Cc1cc(C(C)(C)C)c(O)c(C(C)(C)C)c1. The summed E-state index contributed by atoms with van der Waals surface area (Å²) in [7, 11) is 0. The molecule has 0 atom stereocenters. The Morgan fingerprint density at radius 3 is 1.38 bits per heavy atom. The van der Waals surface area contributed by atoms with Crippen LogP contribution < -0.4 is 0 Å². The van der Waals surface area contributed by atoms with Crippen LogP contribution >= 0.6 is 0 Å². The summed E-state index contributed by atoms with van der Waals surface area (Å²) in [5, 5.41) is 21.9. The van der Waals surface area contributed by atoms with Crippen LogP contribution in [0, 0.1) is 13.8 Å². The molecule has 2 rings (SSSR count). The third-order valence-electron chi connectivity index (χ3n) is 5.87. The second kappa shape index (κ2) is 7.38. The summed E-state index contributed by atoms with van der Waals surface area (Å²) >= 11 is 0. The Morgan fingerprint density at radius 2 is 1.00 bits per heavy atom. The molecule has 160 valence electrons. The fourth-order valence-electron chi connectivity index (χ4n) is 4.00. The number of hydrogen-bond donors (Lipinski definition) is 2. The van der Waals surface area contributed by atoms with Crippen molar-refractivity contribution in [2.75, 3.05) is 0 Å². The van der Waals surface area contributed by atoms with Crippen molar-refractivity contribution >= 4 is 0 Å². The van der Waals surface area contributed by atoms with Gasteiger partial charge >= 0.3 is 0 Å². The quantitative estimate of drug-likeness (QED) is 0.563. The molecule has 0 aromatic heterocycles. The van der Waals surface area contributed by atoms with Crippen molar-refractivity contribution in [2.24, 2.45) is 0 Å². The molecule has 2 heteroatoms. The van der Waals surface area contributed by atoms with Gasteiger partial charge in [0, 0.05) is 0 Å². The molecule has 29 heavy (non-hydrogen) atoms. The molecule has 0 aliphatic heterocycles. The monoisotopic (exact) mass is 396 g/mol. The summed E-state index contributed by atoms with van der Waals surface area (Å²) in [5.74, 6) is 0.817. The van der Waals surface area contributed by atoms with Gasteiger partial charge in [0.2, 0.25) is 0 Å². The Morgan fingerprint density at radius 1 is 0.621 bits per heavy atom. The van der Waals surface area contributed by atoms with Gasteiger partial charge < -0.3 is 10.2 Å². The fraction of sp³-hybridized carbons (Fsp3) is 0.556. The van der Waals surface area contributed by atoms with Crippen molar-refractivity contribution in [2.45, 2.75) is 98.8 Å². The number of rotatable bonds is 2. The first-order chi connectivity index (χ1) is 12.9. The zero-order valence-corrected chi connectivity index (χ0v) is 20.3. The van der Waals surface area contributed by atoms with Gasteiger partial charge in [0.25, 0.3) is 0 Å². The number of aryl methyl sites for hydroxylation is 1. The van der Waals surface area contributed by atoms with Crippen molar-refractivity contribution in [3.63, 3.8) is 0 Å². The molecular formula is C27H40O2. The van der Waals surface area contributed by atoms with E-state index in [1.165, 1.54) is 16.7 Å². The number of benzene rings is 2. The second-order valence-electron chi connectivity index (χ2n) is 11.7. The summed E-state index contributed by atoms with van der Waals surface area (Å²) < 4.78 is 0. The van der Waals surface area contributed by atoms with Gasteiger partial charge in [-0.25, -0.2) is 0 Å². The molecule has 0 amide bonds. The summed E-state index contributed by atoms with van der Waals surface area (Å²) in [6, 6.07) is 6.41. The molecule has 0 heterocycles. The molecule has 0 radical (unpaired) electrons. The van der Waals surface area contributed by atoms with E-state index < -0.39 is 0 Å². The van der Waals surface area contributed by atoms with Gasteiger partial charge in [0.15, 0.2) is 0 Å². The predicted octanol–water partition coefficient (Wildman–Crippen LogP) is 7.20. The molecular weight excluding hydrogens is 356 g/mol. The molecule has 0 fully saturated rings. The van der Waals surface area contributed by atoms with Crippen LogP contribution in [0.15, 0.2) is 18.2 Å². The molecule has 0 bridgehead atoms. The van der Waals surface area contributed by atoms with Gasteiger partial charge in [-0.3, -0.25) is 0 Å². The van der Waals surface area contributed by atoms with Crippen molar-refractivity contribution in [3.8, 4) is 11.5 Å². The van der Waals surface area contributed by atoms with Crippen LogP contribution in [0.4, 0.5) is 0 Å². The molecule has 0 saturated heterocycles. The van der Waals surface area contributed by atoms with Crippen LogP contribution in [0.5, 0.6) is 11.5 Å². The molecule has 2 aromatic rings. The van der Waals surface area contributed by atoms with Gasteiger partial charge in [-0.1, -0.05) is 80.5 Å². The average Bonchev–Trinajstić information content (AvgIpc) is 2.52. The van der Waals surface area contributed by atoms with Gasteiger partial charge in [-0.2, -0.15) is 0 Å². The van der Waals surface area contributed by atoms with Gasteiger partial charge in [-0.05, 0) is 75.5 Å². The van der Waals surface area contributed by atoms with E-state index in [-0.39, 0.29) is 16.2 Å². The van der Waals surface area contributed by atoms with Crippen molar-refractivity contribution < 1.29 is 10.2 Å².